The first-order valence-corrected chi connectivity index (χ1v) is 6.93. The molecule has 88 valence electrons. The van der Waals surface area contributed by atoms with Crippen LogP contribution in [0, 0.1) is 5.92 Å². The number of nitrogens with one attached hydrogen (secondary N) is 1. The molecule has 2 unspecified atom stereocenters. The van der Waals surface area contributed by atoms with Crippen LogP contribution >= 0.6 is 27.5 Å². The maximum atomic E-state index is 6.23. The van der Waals surface area contributed by atoms with E-state index < -0.39 is 0 Å². The van der Waals surface area contributed by atoms with E-state index in [1.165, 1.54) is 24.8 Å². The number of halogens is 2. The summed E-state index contributed by atoms with van der Waals surface area (Å²) in [5.74, 6) is 0.641. The van der Waals surface area contributed by atoms with Gasteiger partial charge in [-0.1, -0.05) is 6.42 Å². The van der Waals surface area contributed by atoms with Gasteiger partial charge in [-0.05, 0) is 52.9 Å². The molecule has 0 radical (unpaired) electrons. The largest absolute Gasteiger partial charge is 0.312 e. The van der Waals surface area contributed by atoms with Crippen LogP contribution in [0.25, 0.3) is 0 Å². The van der Waals surface area contributed by atoms with Gasteiger partial charge >= 0.3 is 0 Å². The van der Waals surface area contributed by atoms with Crippen molar-refractivity contribution in [3.05, 3.63) is 28.5 Å². The smallest absolute Gasteiger partial charge is 0.0410 e. The highest BCUT2D eigenvalue weighted by Gasteiger charge is 2.24. The summed E-state index contributed by atoms with van der Waals surface area (Å²) >= 11 is 9.64. The van der Waals surface area contributed by atoms with E-state index >= 15 is 0 Å². The maximum absolute atomic E-state index is 6.23. The Labute approximate surface area is 110 Å². The zero-order valence-electron chi connectivity index (χ0n) is 9.13. The van der Waals surface area contributed by atoms with E-state index in [1.807, 2.05) is 6.20 Å². The highest BCUT2D eigenvalue weighted by atomic mass is 79.9. The number of aromatic nitrogens is 1. The zero-order chi connectivity index (χ0) is 11.4. The molecule has 0 aliphatic heterocycles. The molecule has 1 aliphatic carbocycles. The topological polar surface area (TPSA) is 24.9 Å². The van der Waals surface area contributed by atoms with Crippen molar-refractivity contribution in [2.45, 2.75) is 31.2 Å². The summed E-state index contributed by atoms with van der Waals surface area (Å²) < 4.78 is 1.03. The lowest BCUT2D eigenvalue weighted by molar-refractivity contribution is 0.493. The molecule has 1 aromatic rings. The van der Waals surface area contributed by atoms with Gasteiger partial charge in [0.25, 0.3) is 0 Å². The van der Waals surface area contributed by atoms with Crippen molar-refractivity contribution in [1.29, 1.82) is 0 Å². The van der Waals surface area contributed by atoms with Crippen LogP contribution in [0.5, 0.6) is 0 Å². The molecule has 1 heterocycles. The second kappa shape index (κ2) is 5.99. The minimum atomic E-state index is 0.369. The number of hydrogen-bond donors (Lipinski definition) is 1. The first-order chi connectivity index (χ1) is 7.75. The minimum absolute atomic E-state index is 0.369. The summed E-state index contributed by atoms with van der Waals surface area (Å²) in [4.78, 5) is 4.14. The van der Waals surface area contributed by atoms with Crippen molar-refractivity contribution in [2.75, 3.05) is 6.54 Å². The summed E-state index contributed by atoms with van der Waals surface area (Å²) in [6.07, 6.45) is 7.41. The lowest BCUT2D eigenvalue weighted by atomic mass is 10.1. The molecule has 1 fully saturated rings. The standard InChI is InChI=1S/C12H16BrClN2/c13-11-4-9(6-16-8-11)5-15-7-10-2-1-3-12(10)14/h4,6,8,10,12,15H,1-3,5,7H2. The summed E-state index contributed by atoms with van der Waals surface area (Å²) in [6, 6.07) is 2.09. The fourth-order valence-corrected chi connectivity index (χ4v) is 2.96. The molecule has 16 heavy (non-hydrogen) atoms. The normalized spacial score (nSPS) is 24.9. The van der Waals surface area contributed by atoms with Crippen LogP contribution in [0.2, 0.25) is 0 Å². The lowest BCUT2D eigenvalue weighted by Crippen LogP contribution is -2.25. The number of nitrogens with zero attached hydrogens (tertiary/aromatic N) is 1. The van der Waals surface area contributed by atoms with E-state index in [1.54, 1.807) is 6.20 Å². The quantitative estimate of drug-likeness (QED) is 0.863. The molecule has 0 spiro atoms. The number of rotatable bonds is 4. The Morgan fingerprint density at radius 3 is 3.00 bits per heavy atom. The highest BCUT2D eigenvalue weighted by molar-refractivity contribution is 9.10. The first kappa shape index (κ1) is 12.3. The van der Waals surface area contributed by atoms with Gasteiger partial charge in [0.1, 0.15) is 0 Å². The van der Waals surface area contributed by atoms with Crippen LogP contribution in [-0.2, 0) is 6.54 Å². The predicted octanol–water partition coefficient (Wildman–Crippen LogP) is 3.34. The van der Waals surface area contributed by atoms with Gasteiger partial charge in [-0.15, -0.1) is 11.6 Å². The Balaban J connectivity index is 1.75. The highest BCUT2D eigenvalue weighted by Crippen LogP contribution is 2.29. The number of hydrogen-bond acceptors (Lipinski definition) is 2. The molecule has 1 saturated carbocycles. The van der Waals surface area contributed by atoms with Gasteiger partial charge in [-0.25, -0.2) is 0 Å². The van der Waals surface area contributed by atoms with Crippen LogP contribution in [0.1, 0.15) is 24.8 Å². The summed E-state index contributed by atoms with van der Waals surface area (Å²) in [5, 5.41) is 3.82. The van der Waals surface area contributed by atoms with Crippen molar-refractivity contribution < 1.29 is 0 Å². The van der Waals surface area contributed by atoms with Gasteiger partial charge in [0.15, 0.2) is 0 Å². The van der Waals surface area contributed by atoms with Crippen molar-refractivity contribution in [3.63, 3.8) is 0 Å². The third-order valence-corrected chi connectivity index (χ3v) is 4.07. The molecule has 2 rings (SSSR count). The monoisotopic (exact) mass is 302 g/mol. The third-order valence-electron chi connectivity index (χ3n) is 3.06. The van der Waals surface area contributed by atoms with E-state index in [0.717, 1.165) is 17.6 Å². The fraction of sp³-hybridized carbons (Fsp3) is 0.583. The molecular formula is C12H16BrClN2. The molecule has 0 bridgehead atoms. The van der Waals surface area contributed by atoms with Crippen LogP contribution in [-0.4, -0.2) is 16.9 Å². The van der Waals surface area contributed by atoms with Crippen LogP contribution < -0.4 is 5.32 Å². The molecule has 4 heteroatoms. The Morgan fingerprint density at radius 1 is 1.44 bits per heavy atom. The van der Waals surface area contributed by atoms with Gasteiger partial charge in [-0.2, -0.15) is 0 Å². The Hall–Kier alpha value is -0.120. The van der Waals surface area contributed by atoms with Gasteiger partial charge < -0.3 is 5.32 Å². The zero-order valence-corrected chi connectivity index (χ0v) is 11.5. The van der Waals surface area contributed by atoms with Crippen molar-refractivity contribution >= 4 is 27.5 Å². The van der Waals surface area contributed by atoms with E-state index in [0.29, 0.717) is 11.3 Å². The molecular weight excluding hydrogens is 288 g/mol. The van der Waals surface area contributed by atoms with E-state index in [-0.39, 0.29) is 0 Å². The molecule has 2 nitrogen and oxygen atoms in total. The maximum Gasteiger partial charge on any atom is 0.0410 e. The Morgan fingerprint density at radius 2 is 2.31 bits per heavy atom. The molecule has 2 atom stereocenters. The van der Waals surface area contributed by atoms with Crippen LogP contribution in [0.3, 0.4) is 0 Å². The average molecular weight is 304 g/mol. The number of alkyl halides is 1. The van der Waals surface area contributed by atoms with E-state index in [4.69, 9.17) is 11.6 Å². The Kier molecular flexibility index (Phi) is 4.62. The van der Waals surface area contributed by atoms with Crippen molar-refractivity contribution in [2.24, 2.45) is 5.92 Å². The molecule has 1 N–H and O–H groups in total. The SMILES string of the molecule is ClC1CCCC1CNCc1cncc(Br)c1. The van der Waals surface area contributed by atoms with E-state index in [2.05, 4.69) is 32.3 Å². The molecule has 0 amide bonds. The Bertz CT molecular complexity index is 346. The van der Waals surface area contributed by atoms with Crippen LogP contribution in [0.4, 0.5) is 0 Å². The third kappa shape index (κ3) is 3.44. The molecule has 1 aromatic heterocycles. The van der Waals surface area contributed by atoms with Gasteiger partial charge in [-0.3, -0.25) is 4.98 Å². The fourth-order valence-electron chi connectivity index (χ4n) is 2.18. The molecule has 0 saturated heterocycles. The lowest BCUT2D eigenvalue weighted by Gasteiger charge is -2.14. The van der Waals surface area contributed by atoms with Crippen LogP contribution in [0.15, 0.2) is 22.9 Å². The van der Waals surface area contributed by atoms with Gasteiger partial charge in [0.05, 0.1) is 0 Å². The first-order valence-electron chi connectivity index (χ1n) is 5.70. The minimum Gasteiger partial charge on any atom is -0.312 e. The van der Waals surface area contributed by atoms with Gasteiger partial charge in [0, 0.05) is 28.8 Å². The van der Waals surface area contributed by atoms with E-state index in [9.17, 15) is 0 Å². The van der Waals surface area contributed by atoms with Crippen molar-refractivity contribution in [3.8, 4) is 0 Å². The predicted molar refractivity (Wildman–Crippen MR) is 70.6 cm³/mol. The average Bonchev–Trinajstić information content (AvgIpc) is 2.65. The summed E-state index contributed by atoms with van der Waals surface area (Å²) in [7, 11) is 0. The molecule has 1 aliphatic rings. The second-order valence-corrected chi connectivity index (χ2v) is 5.83. The number of pyridine rings is 1. The van der Waals surface area contributed by atoms with Crippen molar-refractivity contribution in [1.82, 2.24) is 10.3 Å². The molecule has 0 aromatic carbocycles. The van der Waals surface area contributed by atoms with Gasteiger partial charge in [0.2, 0.25) is 0 Å². The summed E-state index contributed by atoms with van der Waals surface area (Å²) in [6.45, 7) is 1.88. The second-order valence-electron chi connectivity index (χ2n) is 4.35. The summed E-state index contributed by atoms with van der Waals surface area (Å²) in [5.41, 5.74) is 1.21.